The molecular weight excluding hydrogens is 264 g/mol. The van der Waals surface area contributed by atoms with Gasteiger partial charge in [0.1, 0.15) is 0 Å². The molecule has 3 heteroatoms. The Morgan fingerprint density at radius 3 is 2.70 bits per heavy atom. The Labute approximate surface area is 128 Å². The molecule has 114 valence electrons. The van der Waals surface area contributed by atoms with Crippen molar-refractivity contribution in [1.29, 1.82) is 0 Å². The van der Waals surface area contributed by atoms with Gasteiger partial charge in [0, 0.05) is 12.6 Å². The summed E-state index contributed by atoms with van der Waals surface area (Å²) in [5.41, 5.74) is 7.23. The van der Waals surface area contributed by atoms with E-state index in [1.54, 1.807) is 0 Å². The number of hydrogen-bond acceptors (Lipinski definition) is 3. The van der Waals surface area contributed by atoms with E-state index >= 15 is 0 Å². The summed E-state index contributed by atoms with van der Waals surface area (Å²) in [6, 6.07) is 3.13. The molecule has 0 saturated heterocycles. The molecule has 1 aliphatic rings. The Hall–Kier alpha value is -0.380. The third kappa shape index (κ3) is 5.19. The summed E-state index contributed by atoms with van der Waals surface area (Å²) < 4.78 is 0. The van der Waals surface area contributed by atoms with Gasteiger partial charge in [0.25, 0.3) is 0 Å². The first-order chi connectivity index (χ1) is 9.70. The lowest BCUT2D eigenvalue weighted by molar-refractivity contribution is 0.232. The van der Waals surface area contributed by atoms with Gasteiger partial charge in [-0.1, -0.05) is 13.8 Å². The molecule has 1 saturated carbocycles. The zero-order chi connectivity index (χ0) is 14.4. The van der Waals surface area contributed by atoms with E-state index in [1.165, 1.54) is 44.2 Å². The lowest BCUT2D eigenvalue weighted by atomic mass is 9.88. The van der Waals surface area contributed by atoms with Crippen molar-refractivity contribution in [3.8, 4) is 0 Å². The maximum absolute atomic E-state index is 5.74. The Bertz CT molecular complexity index is 357. The fourth-order valence-electron chi connectivity index (χ4n) is 3.03. The molecule has 2 N–H and O–H groups in total. The number of nitrogens with zero attached hydrogens (tertiary/aromatic N) is 1. The van der Waals surface area contributed by atoms with Crippen LogP contribution in [-0.4, -0.2) is 24.0 Å². The molecule has 1 fully saturated rings. The minimum atomic E-state index is 0.768. The summed E-state index contributed by atoms with van der Waals surface area (Å²) in [6.45, 7) is 7.92. The maximum atomic E-state index is 5.74. The molecule has 0 bridgehead atoms. The highest BCUT2D eigenvalue weighted by molar-refractivity contribution is 7.07. The molecular formula is C17H30N2S. The molecule has 1 heterocycles. The van der Waals surface area contributed by atoms with Crippen LogP contribution >= 0.6 is 11.3 Å². The second-order valence-corrected chi connectivity index (χ2v) is 7.34. The monoisotopic (exact) mass is 294 g/mol. The summed E-state index contributed by atoms with van der Waals surface area (Å²) in [4.78, 5) is 2.70. The molecule has 0 aliphatic heterocycles. The third-order valence-electron chi connectivity index (χ3n) is 4.53. The average Bonchev–Trinajstić information content (AvgIpc) is 3.14. The molecule has 1 atom stereocenters. The van der Waals surface area contributed by atoms with Crippen molar-refractivity contribution in [3.05, 3.63) is 22.4 Å². The predicted octanol–water partition coefficient (Wildman–Crippen LogP) is 4.11. The zero-order valence-corrected chi connectivity index (χ0v) is 13.9. The van der Waals surface area contributed by atoms with Crippen LogP contribution in [0.1, 0.15) is 51.5 Å². The highest BCUT2D eigenvalue weighted by atomic mass is 32.1. The van der Waals surface area contributed by atoms with Crippen molar-refractivity contribution < 1.29 is 0 Å². The lowest BCUT2D eigenvalue weighted by Gasteiger charge is -2.24. The molecule has 0 aromatic carbocycles. The van der Waals surface area contributed by atoms with E-state index < -0.39 is 0 Å². The van der Waals surface area contributed by atoms with Crippen LogP contribution in [0.25, 0.3) is 0 Å². The van der Waals surface area contributed by atoms with Crippen LogP contribution in [-0.2, 0) is 6.54 Å². The average molecular weight is 295 g/mol. The Kier molecular flexibility index (Phi) is 6.53. The summed E-state index contributed by atoms with van der Waals surface area (Å²) in [5.74, 6) is 1.58. The molecule has 0 radical (unpaired) electrons. The van der Waals surface area contributed by atoms with Gasteiger partial charge >= 0.3 is 0 Å². The molecule has 2 rings (SSSR count). The molecule has 20 heavy (non-hydrogen) atoms. The van der Waals surface area contributed by atoms with E-state index in [9.17, 15) is 0 Å². The Morgan fingerprint density at radius 1 is 1.35 bits per heavy atom. The first-order valence-corrected chi connectivity index (χ1v) is 9.10. The van der Waals surface area contributed by atoms with Gasteiger partial charge in [-0.15, -0.1) is 0 Å². The van der Waals surface area contributed by atoms with Gasteiger partial charge in [-0.25, -0.2) is 0 Å². The van der Waals surface area contributed by atoms with Crippen LogP contribution in [0.5, 0.6) is 0 Å². The topological polar surface area (TPSA) is 29.3 Å². The molecule has 0 amide bonds. The Balaban J connectivity index is 1.74. The van der Waals surface area contributed by atoms with Crippen molar-refractivity contribution in [3.63, 3.8) is 0 Å². The van der Waals surface area contributed by atoms with Gasteiger partial charge in [0.15, 0.2) is 0 Å². The predicted molar refractivity (Wildman–Crippen MR) is 89.0 cm³/mol. The van der Waals surface area contributed by atoms with Crippen molar-refractivity contribution in [2.45, 2.75) is 58.5 Å². The largest absolute Gasteiger partial charge is 0.330 e. The summed E-state index contributed by atoms with van der Waals surface area (Å²) in [7, 11) is 0. The van der Waals surface area contributed by atoms with Crippen molar-refractivity contribution in [2.24, 2.45) is 17.6 Å². The van der Waals surface area contributed by atoms with E-state index in [1.807, 2.05) is 11.3 Å². The van der Waals surface area contributed by atoms with Crippen LogP contribution < -0.4 is 5.73 Å². The summed E-state index contributed by atoms with van der Waals surface area (Å²) in [5, 5.41) is 4.48. The fraction of sp³-hybridized carbons (Fsp3) is 0.765. The van der Waals surface area contributed by atoms with Gasteiger partial charge in [-0.3, -0.25) is 4.90 Å². The van der Waals surface area contributed by atoms with Gasteiger partial charge in [0.2, 0.25) is 0 Å². The normalized spacial score (nSPS) is 17.1. The molecule has 2 nitrogen and oxygen atoms in total. The van der Waals surface area contributed by atoms with E-state index in [-0.39, 0.29) is 0 Å². The minimum absolute atomic E-state index is 0.768. The first kappa shape index (κ1) is 16.0. The number of rotatable bonds is 10. The van der Waals surface area contributed by atoms with Gasteiger partial charge in [-0.05, 0) is 79.4 Å². The summed E-state index contributed by atoms with van der Waals surface area (Å²) in [6.07, 6.45) is 6.65. The number of hydrogen-bond donors (Lipinski definition) is 1. The second-order valence-electron chi connectivity index (χ2n) is 6.56. The zero-order valence-electron chi connectivity index (χ0n) is 13.1. The fourth-order valence-corrected chi connectivity index (χ4v) is 3.69. The van der Waals surface area contributed by atoms with E-state index in [2.05, 4.69) is 35.6 Å². The van der Waals surface area contributed by atoms with Crippen molar-refractivity contribution in [1.82, 2.24) is 4.90 Å². The molecule has 1 aromatic heterocycles. The van der Waals surface area contributed by atoms with Crippen LogP contribution in [0.3, 0.4) is 0 Å². The van der Waals surface area contributed by atoms with E-state index in [0.29, 0.717) is 0 Å². The van der Waals surface area contributed by atoms with Gasteiger partial charge in [-0.2, -0.15) is 11.3 Å². The maximum Gasteiger partial charge on any atom is 0.0244 e. The standard InChI is InChI=1S/C17H30N2S/c1-14(2)16(7-9-18)4-3-10-19(17-5-6-17)12-15-8-11-20-13-15/h8,11,13-14,16-17H,3-7,9-10,12,18H2,1-2H3. The SMILES string of the molecule is CC(C)C(CCN)CCCN(Cc1ccsc1)C1CC1. The number of nitrogens with two attached hydrogens (primary N) is 1. The molecule has 1 unspecified atom stereocenters. The highest BCUT2D eigenvalue weighted by Gasteiger charge is 2.28. The first-order valence-electron chi connectivity index (χ1n) is 8.16. The van der Waals surface area contributed by atoms with E-state index in [0.717, 1.165) is 31.0 Å². The van der Waals surface area contributed by atoms with Gasteiger partial charge < -0.3 is 5.73 Å². The lowest BCUT2D eigenvalue weighted by Crippen LogP contribution is -2.27. The van der Waals surface area contributed by atoms with E-state index in [4.69, 9.17) is 5.73 Å². The van der Waals surface area contributed by atoms with Gasteiger partial charge in [0.05, 0.1) is 0 Å². The second kappa shape index (κ2) is 8.16. The quantitative estimate of drug-likeness (QED) is 0.703. The molecule has 1 aliphatic carbocycles. The minimum Gasteiger partial charge on any atom is -0.330 e. The highest BCUT2D eigenvalue weighted by Crippen LogP contribution is 2.29. The van der Waals surface area contributed by atoms with Crippen molar-refractivity contribution in [2.75, 3.05) is 13.1 Å². The molecule has 0 spiro atoms. The van der Waals surface area contributed by atoms with Crippen LogP contribution in [0.4, 0.5) is 0 Å². The summed E-state index contributed by atoms with van der Waals surface area (Å²) >= 11 is 1.81. The smallest absolute Gasteiger partial charge is 0.0244 e. The van der Waals surface area contributed by atoms with Crippen molar-refractivity contribution >= 4 is 11.3 Å². The van der Waals surface area contributed by atoms with Crippen LogP contribution in [0.2, 0.25) is 0 Å². The molecule has 1 aromatic rings. The number of thiophene rings is 1. The third-order valence-corrected chi connectivity index (χ3v) is 5.26. The van der Waals surface area contributed by atoms with Crippen LogP contribution in [0, 0.1) is 11.8 Å². The Morgan fingerprint density at radius 2 is 2.15 bits per heavy atom. The van der Waals surface area contributed by atoms with Crippen LogP contribution in [0.15, 0.2) is 16.8 Å².